The van der Waals surface area contributed by atoms with E-state index in [2.05, 4.69) is 14.8 Å². The highest BCUT2D eigenvalue weighted by molar-refractivity contribution is 5.87. The van der Waals surface area contributed by atoms with Crippen molar-refractivity contribution < 1.29 is 9.53 Å². The van der Waals surface area contributed by atoms with Crippen LogP contribution in [-0.4, -0.2) is 27.8 Å². The first-order valence-electron chi connectivity index (χ1n) is 5.95. The minimum Gasteiger partial charge on any atom is -0.464 e. The molecular weight excluding hydrogens is 258 g/mol. The molecule has 0 saturated carbocycles. The molecule has 1 aliphatic carbocycles. The molecule has 0 fully saturated rings. The Bertz CT molecular complexity index is 773. The van der Waals surface area contributed by atoms with Gasteiger partial charge in [-0.2, -0.15) is 0 Å². The number of H-pyrrole nitrogens is 1. The quantitative estimate of drug-likeness (QED) is 0.714. The highest BCUT2D eigenvalue weighted by atomic mass is 16.5. The Hall–Kier alpha value is -2.89. The summed E-state index contributed by atoms with van der Waals surface area (Å²) in [6.07, 6.45) is 0. The van der Waals surface area contributed by atoms with Gasteiger partial charge in [0.1, 0.15) is 5.69 Å². The summed E-state index contributed by atoms with van der Waals surface area (Å²) in [5.41, 5.74) is 1.41. The van der Waals surface area contributed by atoms with E-state index >= 15 is 0 Å². The zero-order chi connectivity index (χ0) is 14.1. The largest absolute Gasteiger partial charge is 0.464 e. The average Bonchev–Trinajstić information content (AvgIpc) is 2.95. The number of ether oxygens (including phenoxy) is 1. The van der Waals surface area contributed by atoms with Crippen LogP contribution in [-0.2, 0) is 4.74 Å². The first kappa shape index (κ1) is 12.2. The molecule has 1 aliphatic heterocycles. The number of carbonyl (C=O) groups is 1. The smallest absolute Gasteiger partial charge is 0.356 e. The van der Waals surface area contributed by atoms with Gasteiger partial charge in [0.15, 0.2) is 5.82 Å². The third kappa shape index (κ3) is 1.97. The minimum absolute atomic E-state index is 0.0927. The number of hydrogen-bond acceptors (Lipinski definition) is 4. The van der Waals surface area contributed by atoms with Crippen LogP contribution in [0.3, 0.4) is 0 Å². The molecule has 1 N–H and O–H groups in total. The molecule has 0 unspecified atom stereocenters. The molecule has 6 nitrogen and oxygen atoms in total. The van der Waals surface area contributed by atoms with Gasteiger partial charge < -0.3 is 4.74 Å². The van der Waals surface area contributed by atoms with E-state index in [0.717, 1.165) is 11.3 Å². The first-order valence-corrected chi connectivity index (χ1v) is 5.95. The van der Waals surface area contributed by atoms with Gasteiger partial charge in [0.25, 0.3) is 5.56 Å². The maximum absolute atomic E-state index is 11.9. The number of aromatic amines is 1. The summed E-state index contributed by atoms with van der Waals surface area (Å²) in [5.74, 6) is -0.158. The monoisotopic (exact) mass is 269 g/mol. The standard InChI is InChI=1S/C14H11N3O3/c1-20-14(19)11-8-13(18)17(16-11)12-7-9-5-3-2-4-6-10(9)15-12/h2-8,16H,1H3. The van der Waals surface area contributed by atoms with E-state index in [1.165, 1.54) is 17.9 Å². The second-order valence-corrected chi connectivity index (χ2v) is 4.20. The van der Waals surface area contributed by atoms with Crippen LogP contribution >= 0.6 is 0 Å². The molecule has 1 aromatic rings. The number of carbonyl (C=O) groups excluding carboxylic acids is 1. The van der Waals surface area contributed by atoms with Crippen LogP contribution in [0.5, 0.6) is 0 Å². The summed E-state index contributed by atoms with van der Waals surface area (Å²) < 4.78 is 5.78. The van der Waals surface area contributed by atoms with Crippen molar-refractivity contribution in [2.45, 2.75) is 0 Å². The topological polar surface area (TPSA) is 77.0 Å². The summed E-state index contributed by atoms with van der Waals surface area (Å²) in [6, 6.07) is 12.4. The van der Waals surface area contributed by atoms with E-state index in [0.29, 0.717) is 5.82 Å². The summed E-state index contributed by atoms with van der Waals surface area (Å²) in [6.45, 7) is 0. The Balaban J connectivity index is 2.13. The molecular formula is C14H11N3O3. The van der Waals surface area contributed by atoms with Crippen molar-refractivity contribution in [3.8, 4) is 17.1 Å². The molecule has 0 radical (unpaired) electrons. The van der Waals surface area contributed by atoms with E-state index in [1.807, 2.05) is 30.3 Å². The Morgan fingerprint density at radius 2 is 2.05 bits per heavy atom. The van der Waals surface area contributed by atoms with Crippen LogP contribution in [0.2, 0.25) is 0 Å². The lowest BCUT2D eigenvalue weighted by Crippen LogP contribution is -2.13. The third-order valence-corrected chi connectivity index (χ3v) is 2.92. The predicted molar refractivity (Wildman–Crippen MR) is 72.1 cm³/mol. The number of nitrogens with zero attached hydrogens (tertiary/aromatic N) is 2. The molecule has 0 spiro atoms. The number of nitrogens with one attached hydrogen (secondary N) is 1. The molecule has 0 amide bonds. The van der Waals surface area contributed by atoms with E-state index in [1.54, 1.807) is 6.07 Å². The van der Waals surface area contributed by atoms with E-state index in [9.17, 15) is 9.59 Å². The van der Waals surface area contributed by atoms with Crippen molar-refractivity contribution in [1.82, 2.24) is 14.8 Å². The molecule has 3 rings (SSSR count). The lowest BCUT2D eigenvalue weighted by Gasteiger charge is -1.96. The molecule has 0 saturated heterocycles. The van der Waals surface area contributed by atoms with Crippen molar-refractivity contribution in [3.05, 3.63) is 58.5 Å². The van der Waals surface area contributed by atoms with Crippen LogP contribution in [0.4, 0.5) is 0 Å². The third-order valence-electron chi connectivity index (χ3n) is 2.92. The lowest BCUT2D eigenvalue weighted by molar-refractivity contribution is 0.0593. The number of hydrogen-bond donors (Lipinski definition) is 1. The Morgan fingerprint density at radius 3 is 2.85 bits per heavy atom. The molecule has 100 valence electrons. The number of esters is 1. The maximum Gasteiger partial charge on any atom is 0.356 e. The van der Waals surface area contributed by atoms with Gasteiger partial charge in [-0.15, -0.1) is 0 Å². The highest BCUT2D eigenvalue weighted by Gasteiger charge is 2.15. The van der Waals surface area contributed by atoms with E-state index in [4.69, 9.17) is 0 Å². The van der Waals surface area contributed by atoms with Crippen LogP contribution in [0.25, 0.3) is 17.1 Å². The number of fused-ring (bicyclic) bond motifs is 1. The van der Waals surface area contributed by atoms with Crippen molar-refractivity contribution >= 4 is 5.97 Å². The van der Waals surface area contributed by atoms with Gasteiger partial charge in [-0.05, 0) is 12.1 Å². The van der Waals surface area contributed by atoms with Crippen LogP contribution in [0, 0.1) is 0 Å². The molecule has 0 atom stereocenters. The number of aromatic nitrogens is 3. The molecule has 2 aliphatic rings. The van der Waals surface area contributed by atoms with Crippen molar-refractivity contribution in [2.24, 2.45) is 0 Å². The van der Waals surface area contributed by atoms with Gasteiger partial charge in [0.2, 0.25) is 0 Å². The highest BCUT2D eigenvalue weighted by Crippen LogP contribution is 2.22. The van der Waals surface area contributed by atoms with Crippen molar-refractivity contribution in [3.63, 3.8) is 0 Å². The fourth-order valence-electron chi connectivity index (χ4n) is 1.97. The SMILES string of the molecule is COC(=O)c1cc(=O)n(-c2cc3cccccc-3n2)[nH]1. The second kappa shape index (κ2) is 4.65. The number of methoxy groups -OCH3 is 1. The van der Waals surface area contributed by atoms with Gasteiger partial charge in [-0.3, -0.25) is 9.89 Å². The molecule has 0 aromatic carbocycles. The molecule has 1 aromatic heterocycles. The number of rotatable bonds is 2. The predicted octanol–water partition coefficient (Wildman–Crippen LogP) is 1.45. The van der Waals surface area contributed by atoms with Crippen molar-refractivity contribution in [2.75, 3.05) is 7.11 Å². The zero-order valence-electron chi connectivity index (χ0n) is 10.7. The van der Waals surface area contributed by atoms with Crippen LogP contribution in [0.15, 0.2) is 47.3 Å². The summed E-state index contributed by atoms with van der Waals surface area (Å²) in [5, 5.41) is 2.68. The van der Waals surface area contributed by atoms with E-state index < -0.39 is 5.97 Å². The van der Waals surface area contributed by atoms with Gasteiger partial charge in [0.05, 0.1) is 12.8 Å². The lowest BCUT2D eigenvalue weighted by atomic mass is 10.2. The first-order chi connectivity index (χ1) is 9.69. The van der Waals surface area contributed by atoms with Crippen molar-refractivity contribution in [1.29, 1.82) is 0 Å². The molecule has 2 heterocycles. The normalized spacial score (nSPS) is 10.7. The van der Waals surface area contributed by atoms with Gasteiger partial charge in [-0.25, -0.2) is 14.5 Å². The Kier molecular flexibility index (Phi) is 2.83. The Labute approximate surface area is 114 Å². The van der Waals surface area contributed by atoms with Gasteiger partial charge >= 0.3 is 5.97 Å². The molecule has 6 heteroatoms. The average molecular weight is 269 g/mol. The summed E-state index contributed by atoms with van der Waals surface area (Å²) in [4.78, 5) is 27.6. The fraction of sp³-hybridized carbons (Fsp3) is 0.0714. The minimum atomic E-state index is -0.594. The zero-order valence-corrected chi connectivity index (χ0v) is 10.7. The maximum atomic E-state index is 11.9. The van der Waals surface area contributed by atoms with Gasteiger partial charge in [0, 0.05) is 11.6 Å². The summed E-state index contributed by atoms with van der Waals surface area (Å²) in [7, 11) is 1.26. The van der Waals surface area contributed by atoms with Crippen LogP contribution < -0.4 is 5.56 Å². The fourth-order valence-corrected chi connectivity index (χ4v) is 1.97. The second-order valence-electron chi connectivity index (χ2n) is 4.20. The molecule has 0 bridgehead atoms. The summed E-state index contributed by atoms with van der Waals surface area (Å²) >= 11 is 0. The van der Waals surface area contributed by atoms with Gasteiger partial charge in [-0.1, -0.05) is 24.3 Å². The Morgan fingerprint density at radius 1 is 1.25 bits per heavy atom. The van der Waals surface area contributed by atoms with E-state index in [-0.39, 0.29) is 11.3 Å². The molecule has 20 heavy (non-hydrogen) atoms. The van der Waals surface area contributed by atoms with Crippen LogP contribution in [0.1, 0.15) is 10.5 Å².